The van der Waals surface area contributed by atoms with E-state index in [1.165, 1.54) is 0 Å². The summed E-state index contributed by atoms with van der Waals surface area (Å²) in [6.07, 6.45) is 3.73. The molecule has 2 N–H and O–H groups in total. The molecule has 0 saturated carbocycles. The lowest BCUT2D eigenvalue weighted by Gasteiger charge is -2.12. The number of halogens is 2. The van der Waals surface area contributed by atoms with Gasteiger partial charge in [0, 0.05) is 12.1 Å². The van der Waals surface area contributed by atoms with Gasteiger partial charge in [0.05, 0.1) is 6.10 Å². The highest BCUT2D eigenvalue weighted by atomic mass is 19.1. The van der Waals surface area contributed by atoms with Gasteiger partial charge in [-0.25, -0.2) is 8.78 Å². The maximum atomic E-state index is 13.3. The largest absolute Gasteiger partial charge is 0.387 e. The molecule has 1 aromatic carbocycles. The third-order valence-corrected chi connectivity index (χ3v) is 2.38. The summed E-state index contributed by atoms with van der Waals surface area (Å²) in [6.45, 7) is 2.83. The number of allylic oxidation sites excluding steroid dienone is 1. The van der Waals surface area contributed by atoms with Gasteiger partial charge in [-0.05, 0) is 38.1 Å². The van der Waals surface area contributed by atoms with Crippen LogP contribution in [0.4, 0.5) is 8.78 Å². The van der Waals surface area contributed by atoms with E-state index in [0.717, 1.165) is 24.6 Å². The number of benzene rings is 1. The van der Waals surface area contributed by atoms with E-state index < -0.39 is 17.7 Å². The average molecular weight is 241 g/mol. The Morgan fingerprint density at radius 2 is 2.18 bits per heavy atom. The second-order valence-corrected chi connectivity index (χ2v) is 3.74. The van der Waals surface area contributed by atoms with E-state index in [1.54, 1.807) is 0 Å². The lowest BCUT2D eigenvalue weighted by atomic mass is 10.1. The fourth-order valence-electron chi connectivity index (χ4n) is 1.47. The van der Waals surface area contributed by atoms with E-state index in [4.69, 9.17) is 0 Å². The van der Waals surface area contributed by atoms with E-state index >= 15 is 0 Å². The molecule has 1 rings (SSSR count). The highest BCUT2D eigenvalue weighted by Gasteiger charge is 2.12. The Kier molecular flexibility index (Phi) is 5.80. The summed E-state index contributed by atoms with van der Waals surface area (Å²) in [6, 6.07) is 3.08. The first-order valence-electron chi connectivity index (χ1n) is 5.60. The van der Waals surface area contributed by atoms with Crippen molar-refractivity contribution in [1.82, 2.24) is 5.32 Å². The zero-order valence-electron chi connectivity index (χ0n) is 9.79. The molecule has 0 aliphatic heterocycles. The molecule has 0 heterocycles. The molecule has 2 nitrogen and oxygen atoms in total. The van der Waals surface area contributed by atoms with Gasteiger partial charge in [-0.15, -0.1) is 0 Å². The van der Waals surface area contributed by atoms with Crippen molar-refractivity contribution in [2.75, 3.05) is 13.1 Å². The van der Waals surface area contributed by atoms with Crippen molar-refractivity contribution in [3.05, 3.63) is 47.5 Å². The lowest BCUT2D eigenvalue weighted by Crippen LogP contribution is -2.22. The summed E-state index contributed by atoms with van der Waals surface area (Å²) in [4.78, 5) is 0. The maximum Gasteiger partial charge on any atom is 0.129 e. The molecule has 0 fully saturated rings. The summed E-state index contributed by atoms with van der Waals surface area (Å²) in [5.41, 5.74) is -0.0106. The van der Waals surface area contributed by atoms with Gasteiger partial charge < -0.3 is 10.4 Å². The molecule has 0 aliphatic carbocycles. The van der Waals surface area contributed by atoms with Crippen LogP contribution >= 0.6 is 0 Å². The molecule has 0 saturated heterocycles. The monoisotopic (exact) mass is 241 g/mol. The standard InChI is InChI=1S/C13H17F2NO/c1-2-3-4-7-16-9-13(17)11-8-10(14)5-6-12(11)15/h2-3,5-6,8,13,16-17H,4,7,9H2,1H3/b3-2+. The molecular weight excluding hydrogens is 224 g/mol. The van der Waals surface area contributed by atoms with Crippen LogP contribution in [0.3, 0.4) is 0 Å². The van der Waals surface area contributed by atoms with E-state index in [1.807, 2.05) is 19.1 Å². The number of rotatable bonds is 6. The van der Waals surface area contributed by atoms with E-state index in [-0.39, 0.29) is 12.1 Å². The van der Waals surface area contributed by atoms with E-state index in [2.05, 4.69) is 5.32 Å². The van der Waals surface area contributed by atoms with Crippen LogP contribution in [0.2, 0.25) is 0 Å². The predicted octanol–water partition coefficient (Wildman–Crippen LogP) is 2.55. The fourth-order valence-corrected chi connectivity index (χ4v) is 1.47. The number of nitrogens with one attached hydrogen (secondary N) is 1. The van der Waals surface area contributed by atoms with Crippen LogP contribution in [0.25, 0.3) is 0 Å². The molecule has 1 aromatic rings. The van der Waals surface area contributed by atoms with Gasteiger partial charge in [-0.3, -0.25) is 0 Å². The molecule has 0 radical (unpaired) electrons. The van der Waals surface area contributed by atoms with Crippen molar-refractivity contribution in [2.24, 2.45) is 0 Å². The topological polar surface area (TPSA) is 32.3 Å². The first kappa shape index (κ1) is 13.8. The van der Waals surface area contributed by atoms with Crippen molar-refractivity contribution < 1.29 is 13.9 Å². The predicted molar refractivity (Wildman–Crippen MR) is 63.6 cm³/mol. The maximum absolute atomic E-state index is 13.3. The second-order valence-electron chi connectivity index (χ2n) is 3.74. The van der Waals surface area contributed by atoms with E-state index in [0.29, 0.717) is 6.54 Å². The van der Waals surface area contributed by atoms with Gasteiger partial charge in [0.1, 0.15) is 11.6 Å². The summed E-state index contributed by atoms with van der Waals surface area (Å²) >= 11 is 0. The van der Waals surface area contributed by atoms with Crippen LogP contribution in [-0.2, 0) is 0 Å². The Morgan fingerprint density at radius 3 is 2.88 bits per heavy atom. The minimum absolute atomic E-state index is 0.0106. The fraction of sp³-hybridized carbons (Fsp3) is 0.385. The molecule has 4 heteroatoms. The van der Waals surface area contributed by atoms with Gasteiger partial charge in [0.25, 0.3) is 0 Å². The summed E-state index contributed by atoms with van der Waals surface area (Å²) in [5.74, 6) is -1.14. The normalized spacial score (nSPS) is 13.2. The molecule has 0 amide bonds. The Labute approximate surface area is 100.0 Å². The summed E-state index contributed by atoms with van der Waals surface area (Å²) in [5, 5.41) is 12.7. The average Bonchev–Trinajstić information content (AvgIpc) is 2.32. The Bertz CT molecular complexity index is 380. The van der Waals surface area contributed by atoms with E-state index in [9.17, 15) is 13.9 Å². The quantitative estimate of drug-likeness (QED) is 0.592. The highest BCUT2D eigenvalue weighted by molar-refractivity contribution is 5.21. The minimum atomic E-state index is -1.03. The molecule has 0 aliphatic rings. The van der Waals surface area contributed by atoms with Crippen LogP contribution < -0.4 is 5.32 Å². The third-order valence-electron chi connectivity index (χ3n) is 2.38. The van der Waals surface area contributed by atoms with Crippen molar-refractivity contribution in [3.8, 4) is 0 Å². The van der Waals surface area contributed by atoms with Crippen molar-refractivity contribution >= 4 is 0 Å². The molecule has 1 atom stereocenters. The smallest absolute Gasteiger partial charge is 0.129 e. The van der Waals surface area contributed by atoms with Gasteiger partial charge in [-0.2, -0.15) is 0 Å². The summed E-state index contributed by atoms with van der Waals surface area (Å²) in [7, 11) is 0. The molecule has 94 valence electrons. The molecule has 0 spiro atoms. The van der Waals surface area contributed by atoms with Crippen molar-refractivity contribution in [3.63, 3.8) is 0 Å². The number of aliphatic hydroxyl groups excluding tert-OH is 1. The van der Waals surface area contributed by atoms with Gasteiger partial charge >= 0.3 is 0 Å². The first-order valence-corrected chi connectivity index (χ1v) is 5.60. The van der Waals surface area contributed by atoms with Crippen molar-refractivity contribution in [2.45, 2.75) is 19.4 Å². The molecule has 17 heavy (non-hydrogen) atoms. The summed E-state index contributed by atoms with van der Waals surface area (Å²) < 4.78 is 26.2. The number of aliphatic hydroxyl groups is 1. The van der Waals surface area contributed by atoms with Gasteiger partial charge in [0.15, 0.2) is 0 Å². The molecule has 1 unspecified atom stereocenters. The molecular formula is C13H17F2NO. The third kappa shape index (κ3) is 4.63. The number of hydrogen-bond acceptors (Lipinski definition) is 2. The van der Waals surface area contributed by atoms with Gasteiger partial charge in [0.2, 0.25) is 0 Å². The SMILES string of the molecule is C/C=C/CCNCC(O)c1cc(F)ccc1F. The first-order chi connectivity index (χ1) is 8.15. The Hall–Kier alpha value is -1.26. The van der Waals surface area contributed by atoms with Crippen LogP contribution in [-0.4, -0.2) is 18.2 Å². The second kappa shape index (κ2) is 7.14. The molecule has 0 aromatic heterocycles. The number of hydrogen-bond donors (Lipinski definition) is 2. The minimum Gasteiger partial charge on any atom is -0.387 e. The van der Waals surface area contributed by atoms with Crippen LogP contribution in [0, 0.1) is 11.6 Å². The zero-order chi connectivity index (χ0) is 12.7. The van der Waals surface area contributed by atoms with Gasteiger partial charge in [-0.1, -0.05) is 12.2 Å². The zero-order valence-corrected chi connectivity index (χ0v) is 9.79. The Balaban J connectivity index is 2.46. The Morgan fingerprint density at radius 1 is 1.41 bits per heavy atom. The highest BCUT2D eigenvalue weighted by Crippen LogP contribution is 2.17. The van der Waals surface area contributed by atoms with Crippen LogP contribution in [0.1, 0.15) is 25.0 Å². The lowest BCUT2D eigenvalue weighted by molar-refractivity contribution is 0.170. The van der Waals surface area contributed by atoms with Crippen molar-refractivity contribution in [1.29, 1.82) is 0 Å². The molecule has 0 bridgehead atoms. The van der Waals surface area contributed by atoms with Crippen LogP contribution in [0.5, 0.6) is 0 Å². The van der Waals surface area contributed by atoms with Crippen LogP contribution in [0.15, 0.2) is 30.4 Å².